The Kier molecular flexibility index (Phi) is 29.7. The second kappa shape index (κ2) is 16.1. The van der Waals surface area contributed by atoms with Crippen LogP contribution in [0.2, 0.25) is 0 Å². The van der Waals surface area contributed by atoms with Crippen LogP contribution in [0, 0.1) is 0 Å². The average molecular weight is 257 g/mol. The molecule has 1 unspecified atom stereocenters. The third-order valence-electron chi connectivity index (χ3n) is 1.29. The summed E-state index contributed by atoms with van der Waals surface area (Å²) in [5, 5.41) is 8.33. The summed E-state index contributed by atoms with van der Waals surface area (Å²) >= 11 is 0. The first-order valence-electron chi connectivity index (χ1n) is 3.37. The van der Waals surface area contributed by atoms with Crippen molar-refractivity contribution in [1.29, 1.82) is 0 Å². The van der Waals surface area contributed by atoms with Crippen LogP contribution < -0.4 is 75.3 Å². The summed E-state index contributed by atoms with van der Waals surface area (Å²) in [7, 11) is 0. The third kappa shape index (κ3) is 16.3. The van der Waals surface area contributed by atoms with E-state index in [1.54, 1.807) is 0 Å². The molecule has 0 bridgehead atoms. The molecule has 76 valence electrons. The normalized spacial score (nSPS) is 10.0. The number of hydrogen-bond donors (Lipinski definition) is 3. The smallest absolute Gasteiger partial charge is 1.00 e. The van der Waals surface area contributed by atoms with Crippen molar-refractivity contribution < 1.29 is 73.7 Å². The number of nitrogens with two attached hydrogens (primary N) is 2. The van der Waals surface area contributed by atoms with Gasteiger partial charge in [0.2, 0.25) is 0 Å². The van der Waals surface area contributed by atoms with E-state index in [9.17, 15) is 4.79 Å². The van der Waals surface area contributed by atoms with Gasteiger partial charge < -0.3 is 29.0 Å². The molecule has 0 amide bonds. The van der Waals surface area contributed by atoms with E-state index in [2.05, 4.69) is 0 Å². The number of halogens is 2. The summed E-state index contributed by atoms with van der Waals surface area (Å²) in [4.78, 5) is 10.1. The fourth-order valence-electron chi connectivity index (χ4n) is 0.632. The molecule has 0 heterocycles. The van der Waals surface area contributed by atoms with E-state index >= 15 is 0 Å². The zero-order valence-corrected chi connectivity index (χ0v) is 12.4. The molecule has 4 nitrogen and oxygen atoms in total. The molecule has 0 aliphatic carbocycles. The van der Waals surface area contributed by atoms with Gasteiger partial charge in [0, 0.05) is 0 Å². The van der Waals surface area contributed by atoms with Gasteiger partial charge in [-0.05, 0) is 19.4 Å². The van der Waals surface area contributed by atoms with Crippen LogP contribution in [0.15, 0.2) is 0 Å². The molecular weight excluding hydrogens is 242 g/mol. The van der Waals surface area contributed by atoms with Gasteiger partial charge >= 0.3 is 57.4 Å². The Bertz CT molecular complexity index is 119. The molecule has 0 spiro atoms. The van der Waals surface area contributed by atoms with E-state index in [0.717, 1.165) is 12.8 Å². The molecule has 0 saturated carbocycles. The van der Waals surface area contributed by atoms with Gasteiger partial charge in [-0.25, -0.2) is 0 Å². The zero-order chi connectivity index (χ0) is 7.98. The van der Waals surface area contributed by atoms with E-state index in [0.29, 0.717) is 13.0 Å². The summed E-state index contributed by atoms with van der Waals surface area (Å²) in [6.07, 6.45) is 2.16. The zero-order valence-electron chi connectivity index (χ0n) is 7.70. The second-order valence-electron chi connectivity index (χ2n) is 2.23. The minimum atomic E-state index is -0.933. The maximum Gasteiger partial charge on any atom is 1.00 e. The summed E-state index contributed by atoms with van der Waals surface area (Å²) in [5.74, 6) is -0.933. The molecule has 7 heteroatoms. The summed E-state index contributed by atoms with van der Waals surface area (Å²) < 4.78 is 0. The largest absolute Gasteiger partial charge is 1.00 e. The van der Waals surface area contributed by atoms with Crippen LogP contribution in [0.5, 0.6) is 0 Å². The van der Waals surface area contributed by atoms with E-state index in [1.807, 2.05) is 0 Å². The fourth-order valence-corrected chi connectivity index (χ4v) is 0.632. The first-order valence-corrected chi connectivity index (χ1v) is 3.37. The SMILES string of the molecule is Cl.NCCCCC(N)C(=O)O.[Cl-].[K+]. The Balaban J connectivity index is -0.000000135. The van der Waals surface area contributed by atoms with Crippen molar-refractivity contribution >= 4 is 18.4 Å². The molecule has 0 rings (SSSR count). The van der Waals surface area contributed by atoms with Crippen molar-refractivity contribution in [2.75, 3.05) is 6.54 Å². The Morgan fingerprint density at radius 2 is 1.85 bits per heavy atom. The van der Waals surface area contributed by atoms with Gasteiger partial charge in [-0.2, -0.15) is 0 Å². The number of carboxylic acids is 1. The van der Waals surface area contributed by atoms with Crippen LogP contribution in [0.1, 0.15) is 19.3 Å². The molecule has 0 aliphatic heterocycles. The Hall–Kier alpha value is 1.61. The van der Waals surface area contributed by atoms with Crippen molar-refractivity contribution in [2.45, 2.75) is 25.3 Å². The molecule has 13 heavy (non-hydrogen) atoms. The number of rotatable bonds is 5. The van der Waals surface area contributed by atoms with Gasteiger partial charge in [0.25, 0.3) is 0 Å². The molecule has 0 aromatic rings. The number of carbonyl (C=O) groups is 1. The van der Waals surface area contributed by atoms with Crippen molar-refractivity contribution in [3.63, 3.8) is 0 Å². The predicted octanol–water partition coefficient (Wildman–Crippen LogP) is -6.04. The molecule has 5 N–H and O–H groups in total. The van der Waals surface area contributed by atoms with Crippen LogP contribution in [0.25, 0.3) is 0 Å². The summed E-state index contributed by atoms with van der Waals surface area (Å²) in [5.41, 5.74) is 10.4. The molecular formula is C6H15Cl2KN2O2. The maximum absolute atomic E-state index is 10.1. The minimum absolute atomic E-state index is 0. The molecule has 0 aliphatic rings. The van der Waals surface area contributed by atoms with E-state index < -0.39 is 12.0 Å². The monoisotopic (exact) mass is 256 g/mol. The number of carboxylic acid groups (broad SMARTS) is 1. The van der Waals surface area contributed by atoms with Crippen molar-refractivity contribution in [3.05, 3.63) is 0 Å². The van der Waals surface area contributed by atoms with Crippen molar-refractivity contribution in [2.24, 2.45) is 11.5 Å². The van der Waals surface area contributed by atoms with Crippen LogP contribution in [0.3, 0.4) is 0 Å². The maximum atomic E-state index is 10.1. The van der Waals surface area contributed by atoms with Crippen molar-refractivity contribution in [1.82, 2.24) is 0 Å². The van der Waals surface area contributed by atoms with Gasteiger partial charge in [-0.3, -0.25) is 4.79 Å². The molecule has 0 aromatic carbocycles. The topological polar surface area (TPSA) is 89.3 Å². The Morgan fingerprint density at radius 3 is 2.15 bits per heavy atom. The second-order valence-corrected chi connectivity index (χ2v) is 2.23. The summed E-state index contributed by atoms with van der Waals surface area (Å²) in [6, 6.07) is -0.716. The Labute approximate surface area is 133 Å². The van der Waals surface area contributed by atoms with Gasteiger partial charge in [0.05, 0.1) is 0 Å². The predicted molar refractivity (Wildman–Crippen MR) is 45.8 cm³/mol. The molecule has 0 aromatic heterocycles. The Morgan fingerprint density at radius 1 is 1.38 bits per heavy atom. The number of unbranched alkanes of at least 4 members (excludes halogenated alkanes) is 1. The molecule has 0 fully saturated rings. The van der Waals surface area contributed by atoms with E-state index in [4.69, 9.17) is 16.6 Å². The molecule has 0 saturated heterocycles. The van der Waals surface area contributed by atoms with Gasteiger partial charge in [-0.15, -0.1) is 12.4 Å². The standard InChI is InChI=1S/C6H14N2O2.2ClH.K/c7-4-2-1-3-5(8)6(9)10;;;/h5H,1-4,7-8H2,(H,9,10);2*1H;/q;;;+1/p-1. The van der Waals surface area contributed by atoms with Crippen LogP contribution in [0.4, 0.5) is 0 Å². The van der Waals surface area contributed by atoms with Crippen molar-refractivity contribution in [3.8, 4) is 0 Å². The third-order valence-corrected chi connectivity index (χ3v) is 1.29. The first kappa shape index (κ1) is 24.0. The first-order chi connectivity index (χ1) is 4.68. The van der Waals surface area contributed by atoms with Gasteiger partial charge in [0.15, 0.2) is 0 Å². The van der Waals surface area contributed by atoms with E-state index in [1.165, 1.54) is 0 Å². The van der Waals surface area contributed by atoms with Gasteiger partial charge in [-0.1, -0.05) is 6.42 Å². The minimum Gasteiger partial charge on any atom is -1.00 e. The number of hydrogen-bond acceptors (Lipinski definition) is 3. The van der Waals surface area contributed by atoms with Gasteiger partial charge in [0.1, 0.15) is 6.04 Å². The quantitative estimate of drug-likeness (QED) is 0.338. The van der Waals surface area contributed by atoms with Crippen LogP contribution >= 0.6 is 12.4 Å². The van der Waals surface area contributed by atoms with Crippen LogP contribution in [-0.4, -0.2) is 23.7 Å². The molecule has 0 radical (unpaired) electrons. The molecule has 1 atom stereocenters. The van der Waals surface area contributed by atoms with E-state index in [-0.39, 0.29) is 76.2 Å². The van der Waals surface area contributed by atoms with Crippen LogP contribution in [-0.2, 0) is 4.79 Å². The fraction of sp³-hybridized carbons (Fsp3) is 0.833. The summed E-state index contributed by atoms with van der Waals surface area (Å²) in [6.45, 7) is 0.604. The average Bonchev–Trinajstić information content (AvgIpc) is 1.88. The number of aliphatic carboxylic acids is 1.